The highest BCUT2D eigenvalue weighted by Crippen LogP contribution is 2.19. The zero-order chi connectivity index (χ0) is 17.4. The van der Waals surface area contributed by atoms with Gasteiger partial charge in [0.2, 0.25) is 0 Å². The van der Waals surface area contributed by atoms with Gasteiger partial charge in [-0.15, -0.1) is 0 Å². The van der Waals surface area contributed by atoms with Gasteiger partial charge in [-0.3, -0.25) is 4.72 Å². The molecule has 0 fully saturated rings. The summed E-state index contributed by atoms with van der Waals surface area (Å²) in [6.45, 7) is 2.07. The number of anilines is 1. The maximum Gasteiger partial charge on any atom is 0.261 e. The highest BCUT2D eigenvalue weighted by Gasteiger charge is 2.15. The van der Waals surface area contributed by atoms with Crippen LogP contribution < -0.4 is 4.72 Å². The zero-order valence-electron chi connectivity index (χ0n) is 13.6. The average Bonchev–Trinajstić information content (AvgIpc) is 2.56. The lowest BCUT2D eigenvalue weighted by atomic mass is 10.1. The second-order valence-electron chi connectivity index (χ2n) is 5.45. The fraction of sp³-hybridized carbons (Fsp3) is 0.263. The molecule has 0 heterocycles. The number of para-hydroxylation sites is 1. The molecule has 2 rings (SSSR count). The van der Waals surface area contributed by atoms with Crippen molar-refractivity contribution in [1.82, 2.24) is 0 Å². The van der Waals surface area contributed by atoms with Crippen molar-refractivity contribution in [3.63, 3.8) is 0 Å². The Morgan fingerprint density at radius 2 is 1.75 bits per heavy atom. The van der Waals surface area contributed by atoms with E-state index in [1.807, 2.05) is 13.0 Å². The molecule has 0 saturated carbocycles. The van der Waals surface area contributed by atoms with Gasteiger partial charge in [-0.2, -0.15) is 0 Å². The molecular weight excluding hydrogens is 322 g/mol. The van der Waals surface area contributed by atoms with Gasteiger partial charge in [0.15, 0.2) is 0 Å². The molecule has 0 saturated heterocycles. The van der Waals surface area contributed by atoms with Gasteiger partial charge in [0.05, 0.1) is 10.6 Å². The van der Waals surface area contributed by atoms with E-state index >= 15 is 0 Å². The Labute approximate surface area is 143 Å². The Hall–Kier alpha value is -2.29. The summed E-state index contributed by atoms with van der Waals surface area (Å²) in [5.74, 6) is 6.01. The molecule has 4 nitrogen and oxygen atoms in total. The summed E-state index contributed by atoms with van der Waals surface area (Å²) in [7, 11) is -3.64. The molecule has 0 spiro atoms. The smallest absolute Gasteiger partial charge is 0.261 e. The second kappa shape index (κ2) is 8.53. The Kier molecular flexibility index (Phi) is 6.42. The Morgan fingerprint density at radius 3 is 2.46 bits per heavy atom. The third-order valence-electron chi connectivity index (χ3n) is 3.44. The van der Waals surface area contributed by atoms with Crippen LogP contribution in [0.1, 0.15) is 30.4 Å². The minimum Gasteiger partial charge on any atom is -0.396 e. The van der Waals surface area contributed by atoms with Crippen molar-refractivity contribution in [2.75, 3.05) is 11.3 Å². The highest BCUT2D eigenvalue weighted by molar-refractivity contribution is 7.92. The van der Waals surface area contributed by atoms with Crippen LogP contribution in [0.4, 0.5) is 5.69 Å². The zero-order valence-corrected chi connectivity index (χ0v) is 14.4. The monoisotopic (exact) mass is 343 g/mol. The summed E-state index contributed by atoms with van der Waals surface area (Å²) in [5.41, 5.74) is 2.10. The van der Waals surface area contributed by atoms with Crippen LogP contribution in [0.2, 0.25) is 0 Å². The van der Waals surface area contributed by atoms with Crippen LogP contribution in [0.15, 0.2) is 53.4 Å². The molecule has 0 atom stereocenters. The first-order valence-corrected chi connectivity index (χ1v) is 9.29. The first-order valence-electron chi connectivity index (χ1n) is 7.81. The maximum atomic E-state index is 12.5. The van der Waals surface area contributed by atoms with E-state index in [9.17, 15) is 8.42 Å². The van der Waals surface area contributed by atoms with Crippen LogP contribution in [0.3, 0.4) is 0 Å². The standard InChI is InChI=1S/C19H21NO3S/c1-16-11-13-18(14-12-16)24(22,23)20-19-10-6-5-9-17(19)8-4-2-3-7-15-21/h5-6,9-14,20-21H,2-3,7,15H2,1H3. The number of hydrogen-bond acceptors (Lipinski definition) is 3. The summed E-state index contributed by atoms with van der Waals surface area (Å²) in [5, 5.41) is 8.75. The molecule has 0 aliphatic carbocycles. The molecule has 126 valence electrons. The van der Waals surface area contributed by atoms with Gasteiger partial charge >= 0.3 is 0 Å². The Morgan fingerprint density at radius 1 is 1.04 bits per heavy atom. The lowest BCUT2D eigenvalue weighted by molar-refractivity contribution is 0.285. The van der Waals surface area contributed by atoms with Crippen molar-refractivity contribution in [2.45, 2.75) is 31.1 Å². The third-order valence-corrected chi connectivity index (χ3v) is 4.82. The molecule has 2 aromatic rings. The molecule has 0 aromatic heterocycles. The molecule has 0 aliphatic heterocycles. The van der Waals surface area contributed by atoms with E-state index in [1.54, 1.807) is 42.5 Å². The predicted octanol–water partition coefficient (Wildman–Crippen LogP) is 3.31. The van der Waals surface area contributed by atoms with Gasteiger partial charge in [0, 0.05) is 18.6 Å². The average molecular weight is 343 g/mol. The van der Waals surface area contributed by atoms with Crippen molar-refractivity contribution >= 4 is 15.7 Å². The van der Waals surface area contributed by atoms with Gasteiger partial charge in [0.1, 0.15) is 0 Å². The minimum atomic E-state index is -3.64. The fourth-order valence-electron chi connectivity index (χ4n) is 2.09. The van der Waals surface area contributed by atoms with Crippen LogP contribution in [0.5, 0.6) is 0 Å². The number of rotatable bonds is 6. The minimum absolute atomic E-state index is 0.161. The van der Waals surface area contributed by atoms with Gasteiger partial charge in [-0.25, -0.2) is 8.42 Å². The third kappa shape index (κ3) is 5.12. The Balaban J connectivity index is 2.19. The molecule has 0 unspecified atom stereocenters. The first kappa shape index (κ1) is 18.1. The van der Waals surface area contributed by atoms with Crippen molar-refractivity contribution in [3.8, 4) is 11.8 Å². The van der Waals surface area contributed by atoms with Crippen LogP contribution in [-0.2, 0) is 10.0 Å². The number of hydrogen-bond donors (Lipinski definition) is 2. The number of aryl methyl sites for hydroxylation is 1. The van der Waals surface area contributed by atoms with Crippen LogP contribution in [-0.4, -0.2) is 20.1 Å². The van der Waals surface area contributed by atoms with Gasteiger partial charge in [-0.1, -0.05) is 41.7 Å². The molecule has 0 bridgehead atoms. The number of benzene rings is 2. The lowest BCUT2D eigenvalue weighted by Gasteiger charge is -2.10. The number of aliphatic hydroxyl groups excluding tert-OH is 1. The summed E-state index contributed by atoms with van der Waals surface area (Å²) in [4.78, 5) is 0.221. The predicted molar refractivity (Wildman–Crippen MR) is 96.2 cm³/mol. The fourth-order valence-corrected chi connectivity index (χ4v) is 3.16. The molecule has 0 aliphatic rings. The molecule has 2 aromatic carbocycles. The number of aliphatic hydroxyl groups is 1. The highest BCUT2D eigenvalue weighted by atomic mass is 32.2. The normalized spacial score (nSPS) is 10.8. The van der Waals surface area contributed by atoms with E-state index < -0.39 is 10.0 Å². The van der Waals surface area contributed by atoms with E-state index in [4.69, 9.17) is 5.11 Å². The summed E-state index contributed by atoms with van der Waals surface area (Å²) < 4.78 is 27.6. The SMILES string of the molecule is Cc1ccc(S(=O)(=O)Nc2ccccc2C#CCCCCO)cc1. The van der Waals surface area contributed by atoms with Crippen molar-refractivity contribution < 1.29 is 13.5 Å². The van der Waals surface area contributed by atoms with Gasteiger partial charge < -0.3 is 5.11 Å². The maximum absolute atomic E-state index is 12.5. The topological polar surface area (TPSA) is 66.4 Å². The molecule has 5 heteroatoms. The van der Waals surface area contributed by atoms with E-state index in [2.05, 4.69) is 16.6 Å². The summed E-state index contributed by atoms with van der Waals surface area (Å²) >= 11 is 0. The lowest BCUT2D eigenvalue weighted by Crippen LogP contribution is -2.13. The van der Waals surface area contributed by atoms with Gasteiger partial charge in [0.25, 0.3) is 10.0 Å². The molecule has 24 heavy (non-hydrogen) atoms. The molecule has 0 radical (unpaired) electrons. The van der Waals surface area contributed by atoms with Crippen LogP contribution in [0.25, 0.3) is 0 Å². The quantitative estimate of drug-likeness (QED) is 0.625. The van der Waals surface area contributed by atoms with Crippen LogP contribution >= 0.6 is 0 Å². The van der Waals surface area contributed by atoms with Crippen molar-refractivity contribution in [1.29, 1.82) is 0 Å². The largest absolute Gasteiger partial charge is 0.396 e. The van der Waals surface area contributed by atoms with Crippen molar-refractivity contribution in [3.05, 3.63) is 59.7 Å². The summed E-state index contributed by atoms with van der Waals surface area (Å²) in [6.07, 6.45) is 2.21. The van der Waals surface area contributed by atoms with Gasteiger partial charge in [-0.05, 0) is 44.0 Å². The number of unbranched alkanes of at least 4 members (excludes halogenated alkanes) is 2. The van der Waals surface area contributed by atoms with E-state index in [0.717, 1.165) is 18.4 Å². The molecule has 2 N–H and O–H groups in total. The number of nitrogens with one attached hydrogen (secondary N) is 1. The number of sulfonamides is 1. The summed E-state index contributed by atoms with van der Waals surface area (Å²) in [6, 6.07) is 13.8. The molecular formula is C19H21NO3S. The van der Waals surface area contributed by atoms with Crippen molar-refractivity contribution in [2.24, 2.45) is 0 Å². The van der Waals surface area contributed by atoms with E-state index in [1.165, 1.54) is 0 Å². The Bertz CT molecular complexity index is 831. The second-order valence-corrected chi connectivity index (χ2v) is 7.13. The van der Waals surface area contributed by atoms with Crippen LogP contribution in [0, 0.1) is 18.8 Å². The van der Waals surface area contributed by atoms with E-state index in [0.29, 0.717) is 17.7 Å². The van der Waals surface area contributed by atoms with E-state index in [-0.39, 0.29) is 11.5 Å². The first-order chi connectivity index (χ1) is 11.5. The molecule has 0 amide bonds.